The Morgan fingerprint density at radius 2 is 1.79 bits per heavy atom. The van der Waals surface area contributed by atoms with Gasteiger partial charge in [-0.1, -0.05) is 26.0 Å². The van der Waals surface area contributed by atoms with Gasteiger partial charge in [0.15, 0.2) is 0 Å². The molecule has 2 aliphatic rings. The number of hydrogen-bond acceptors (Lipinski definition) is 3. The van der Waals surface area contributed by atoms with E-state index < -0.39 is 10.0 Å². The third kappa shape index (κ3) is 3.13. The van der Waals surface area contributed by atoms with Gasteiger partial charge in [-0.15, -0.1) is 0 Å². The Morgan fingerprint density at radius 1 is 1.12 bits per heavy atom. The zero-order valence-corrected chi connectivity index (χ0v) is 14.9. The molecule has 5 nitrogen and oxygen atoms in total. The van der Waals surface area contributed by atoms with Crippen molar-refractivity contribution in [3.8, 4) is 0 Å². The van der Waals surface area contributed by atoms with Crippen LogP contribution in [0.2, 0.25) is 0 Å². The van der Waals surface area contributed by atoms with E-state index in [4.69, 9.17) is 0 Å². The molecule has 0 aromatic heterocycles. The Hall–Kier alpha value is -1.66. The molecular formula is C18H24N2O3S. The molecule has 2 aliphatic carbocycles. The highest BCUT2D eigenvalue weighted by Gasteiger charge is 2.39. The van der Waals surface area contributed by atoms with E-state index in [2.05, 4.69) is 17.5 Å². The van der Waals surface area contributed by atoms with Crippen molar-refractivity contribution in [3.05, 3.63) is 36.4 Å². The molecule has 0 radical (unpaired) electrons. The SMILES string of the molecule is CCN(CC)S(=O)(=O)c1ccc(NC(=O)[C@@H]2C[C@H]3C=C[C@H]2C3)cc1. The van der Waals surface area contributed by atoms with Crippen molar-refractivity contribution < 1.29 is 13.2 Å². The third-order valence-electron chi connectivity index (χ3n) is 5.08. The number of amides is 1. The fourth-order valence-electron chi connectivity index (χ4n) is 3.74. The number of anilines is 1. The highest BCUT2D eigenvalue weighted by atomic mass is 32.2. The van der Waals surface area contributed by atoms with Crippen LogP contribution in [-0.4, -0.2) is 31.7 Å². The number of rotatable bonds is 6. The summed E-state index contributed by atoms with van der Waals surface area (Å²) in [6, 6.07) is 6.45. The summed E-state index contributed by atoms with van der Waals surface area (Å²) in [4.78, 5) is 12.7. The number of nitrogens with zero attached hydrogens (tertiary/aromatic N) is 1. The molecule has 0 saturated heterocycles. The number of nitrogens with one attached hydrogen (secondary N) is 1. The normalized spacial score (nSPS) is 25.4. The fraction of sp³-hybridized carbons (Fsp3) is 0.500. The smallest absolute Gasteiger partial charge is 0.243 e. The first-order valence-corrected chi connectivity index (χ1v) is 9.99. The second-order valence-corrected chi connectivity index (χ2v) is 8.43. The molecule has 1 N–H and O–H groups in total. The number of benzene rings is 1. The van der Waals surface area contributed by atoms with E-state index in [0.29, 0.717) is 30.6 Å². The van der Waals surface area contributed by atoms with Gasteiger partial charge in [0.05, 0.1) is 4.90 Å². The van der Waals surface area contributed by atoms with Crippen LogP contribution in [0.4, 0.5) is 5.69 Å². The van der Waals surface area contributed by atoms with Crippen LogP contribution >= 0.6 is 0 Å². The molecule has 1 fully saturated rings. The standard InChI is InChI=1S/C18H24N2O3S/c1-3-20(4-2)24(22,23)16-9-7-15(8-10-16)19-18(21)17-12-13-5-6-14(17)11-13/h5-10,13-14,17H,3-4,11-12H2,1-2H3,(H,19,21)/t13-,14-,17+/m0/s1. The summed E-state index contributed by atoms with van der Waals surface area (Å²) < 4.78 is 26.3. The van der Waals surface area contributed by atoms with E-state index in [1.165, 1.54) is 4.31 Å². The molecule has 0 aliphatic heterocycles. The van der Waals surface area contributed by atoms with Gasteiger partial charge < -0.3 is 5.32 Å². The van der Waals surface area contributed by atoms with Crippen LogP contribution in [0.25, 0.3) is 0 Å². The second-order valence-electron chi connectivity index (χ2n) is 6.49. The van der Waals surface area contributed by atoms with E-state index in [0.717, 1.165) is 12.8 Å². The zero-order chi connectivity index (χ0) is 17.3. The summed E-state index contributed by atoms with van der Waals surface area (Å²) in [7, 11) is -3.46. The molecule has 1 aromatic rings. The summed E-state index contributed by atoms with van der Waals surface area (Å²) in [6.07, 6.45) is 6.36. The Bertz CT molecular complexity index is 736. The topological polar surface area (TPSA) is 66.5 Å². The highest BCUT2D eigenvalue weighted by molar-refractivity contribution is 7.89. The quantitative estimate of drug-likeness (QED) is 0.804. The lowest BCUT2D eigenvalue weighted by atomic mass is 9.93. The summed E-state index contributed by atoms with van der Waals surface area (Å²) in [6.45, 7) is 4.52. The summed E-state index contributed by atoms with van der Waals surface area (Å²) >= 11 is 0. The van der Waals surface area contributed by atoms with E-state index >= 15 is 0 Å². The van der Waals surface area contributed by atoms with E-state index in [-0.39, 0.29) is 16.7 Å². The van der Waals surface area contributed by atoms with Crippen molar-refractivity contribution in [1.29, 1.82) is 0 Å². The van der Waals surface area contributed by atoms with Gasteiger partial charge in [-0.2, -0.15) is 4.31 Å². The molecule has 0 heterocycles. The first-order chi connectivity index (χ1) is 11.5. The number of hydrogen-bond donors (Lipinski definition) is 1. The Labute approximate surface area is 143 Å². The predicted octanol–water partition coefficient (Wildman–Crippen LogP) is 2.87. The summed E-state index contributed by atoms with van der Waals surface area (Å²) in [5, 5.41) is 2.92. The molecule has 0 unspecified atom stereocenters. The Morgan fingerprint density at radius 3 is 2.29 bits per heavy atom. The van der Waals surface area contributed by atoms with Gasteiger partial charge in [-0.05, 0) is 48.9 Å². The highest BCUT2D eigenvalue weighted by Crippen LogP contribution is 2.43. The number of allylic oxidation sites excluding steroid dienone is 2. The number of carbonyl (C=O) groups excluding carboxylic acids is 1. The average Bonchev–Trinajstić information content (AvgIpc) is 3.19. The number of sulfonamides is 1. The van der Waals surface area contributed by atoms with E-state index in [1.54, 1.807) is 24.3 Å². The average molecular weight is 348 g/mol. The molecule has 1 saturated carbocycles. The maximum absolute atomic E-state index is 12.5. The van der Waals surface area contributed by atoms with Gasteiger partial charge in [0.1, 0.15) is 0 Å². The molecule has 2 bridgehead atoms. The van der Waals surface area contributed by atoms with E-state index in [1.807, 2.05) is 13.8 Å². The summed E-state index contributed by atoms with van der Waals surface area (Å²) in [5.74, 6) is 0.981. The molecule has 1 aromatic carbocycles. The van der Waals surface area contributed by atoms with Crippen molar-refractivity contribution >= 4 is 21.6 Å². The van der Waals surface area contributed by atoms with Crippen molar-refractivity contribution in [2.24, 2.45) is 17.8 Å². The van der Waals surface area contributed by atoms with Crippen LogP contribution in [0.1, 0.15) is 26.7 Å². The minimum atomic E-state index is -3.46. The predicted molar refractivity (Wildman–Crippen MR) is 94.0 cm³/mol. The lowest BCUT2D eigenvalue weighted by Crippen LogP contribution is -2.30. The molecule has 3 rings (SSSR count). The molecule has 130 valence electrons. The fourth-order valence-corrected chi connectivity index (χ4v) is 5.20. The second kappa shape index (κ2) is 6.69. The lowest BCUT2D eigenvalue weighted by molar-refractivity contribution is -0.120. The number of fused-ring (bicyclic) bond motifs is 2. The van der Waals surface area contributed by atoms with Crippen molar-refractivity contribution in [3.63, 3.8) is 0 Å². The third-order valence-corrected chi connectivity index (χ3v) is 7.14. The maximum atomic E-state index is 12.5. The van der Waals surface area contributed by atoms with Crippen LogP contribution in [-0.2, 0) is 14.8 Å². The minimum absolute atomic E-state index is 0.0335. The van der Waals surface area contributed by atoms with Gasteiger partial charge in [-0.25, -0.2) is 8.42 Å². The molecule has 1 amide bonds. The first kappa shape index (κ1) is 17.2. The maximum Gasteiger partial charge on any atom is 0.243 e. The van der Waals surface area contributed by atoms with Gasteiger partial charge in [0.25, 0.3) is 0 Å². The van der Waals surface area contributed by atoms with Crippen LogP contribution in [0, 0.1) is 17.8 Å². The molecule has 0 spiro atoms. The van der Waals surface area contributed by atoms with Crippen LogP contribution in [0.5, 0.6) is 0 Å². The molecule has 24 heavy (non-hydrogen) atoms. The first-order valence-electron chi connectivity index (χ1n) is 8.55. The lowest BCUT2D eigenvalue weighted by Gasteiger charge is -2.19. The molecular weight excluding hydrogens is 324 g/mol. The minimum Gasteiger partial charge on any atom is -0.326 e. The number of carbonyl (C=O) groups is 1. The van der Waals surface area contributed by atoms with Gasteiger partial charge >= 0.3 is 0 Å². The Balaban J connectivity index is 1.69. The molecule has 3 atom stereocenters. The van der Waals surface area contributed by atoms with Gasteiger partial charge in [0, 0.05) is 24.7 Å². The van der Waals surface area contributed by atoms with Crippen LogP contribution in [0.15, 0.2) is 41.3 Å². The summed E-state index contributed by atoms with van der Waals surface area (Å²) in [5.41, 5.74) is 0.644. The van der Waals surface area contributed by atoms with Crippen LogP contribution in [0.3, 0.4) is 0 Å². The largest absolute Gasteiger partial charge is 0.326 e. The van der Waals surface area contributed by atoms with Gasteiger partial charge in [-0.3, -0.25) is 4.79 Å². The molecule has 6 heteroatoms. The zero-order valence-electron chi connectivity index (χ0n) is 14.1. The van der Waals surface area contributed by atoms with Gasteiger partial charge in [0.2, 0.25) is 15.9 Å². The monoisotopic (exact) mass is 348 g/mol. The van der Waals surface area contributed by atoms with E-state index in [9.17, 15) is 13.2 Å². The van der Waals surface area contributed by atoms with Crippen molar-refractivity contribution in [2.75, 3.05) is 18.4 Å². The Kier molecular flexibility index (Phi) is 4.78. The van der Waals surface area contributed by atoms with Crippen LogP contribution < -0.4 is 5.32 Å². The van der Waals surface area contributed by atoms with Crippen molar-refractivity contribution in [2.45, 2.75) is 31.6 Å². The van der Waals surface area contributed by atoms with Crippen molar-refractivity contribution in [1.82, 2.24) is 4.31 Å².